The number of rotatable bonds is 7. The molecule has 0 fully saturated rings. The number of aromatic nitrogens is 1. The summed E-state index contributed by atoms with van der Waals surface area (Å²) in [6.07, 6.45) is 3.56. The molecule has 5 heteroatoms. The Balaban J connectivity index is 1.48. The molecule has 1 aromatic heterocycles. The van der Waals surface area contributed by atoms with Crippen molar-refractivity contribution < 1.29 is 0 Å². The van der Waals surface area contributed by atoms with Gasteiger partial charge in [-0.3, -0.25) is 0 Å². The van der Waals surface area contributed by atoms with E-state index in [0.29, 0.717) is 0 Å². The molecule has 0 bridgehead atoms. The zero-order valence-corrected chi connectivity index (χ0v) is 19.0. The second-order valence-electron chi connectivity index (χ2n) is 8.01. The summed E-state index contributed by atoms with van der Waals surface area (Å²) < 4.78 is 0. The fourth-order valence-corrected chi connectivity index (χ4v) is 3.87. The van der Waals surface area contributed by atoms with Crippen molar-refractivity contribution in [1.82, 2.24) is 4.98 Å². The average Bonchev–Trinajstić information content (AvgIpc) is 3.25. The third kappa shape index (κ3) is 4.45. The van der Waals surface area contributed by atoms with Crippen molar-refractivity contribution in [2.24, 2.45) is 10.2 Å². The van der Waals surface area contributed by atoms with Crippen LogP contribution in [-0.4, -0.2) is 17.5 Å². The zero-order chi connectivity index (χ0) is 23.3. The third-order valence-electron chi connectivity index (χ3n) is 5.52. The fourth-order valence-electron chi connectivity index (χ4n) is 3.87. The Morgan fingerprint density at radius 2 is 1.38 bits per heavy atom. The lowest BCUT2D eigenvalue weighted by molar-refractivity contribution is 0.992. The van der Waals surface area contributed by atoms with E-state index >= 15 is 0 Å². The molecule has 5 nitrogen and oxygen atoms in total. The van der Waals surface area contributed by atoms with E-state index in [-0.39, 0.29) is 0 Å². The second-order valence-corrected chi connectivity index (χ2v) is 8.01. The van der Waals surface area contributed by atoms with Crippen molar-refractivity contribution >= 4 is 45.7 Å². The Bertz CT molecular complexity index is 1480. The lowest BCUT2D eigenvalue weighted by Gasteiger charge is -2.20. The normalized spacial score (nSPS) is 11.6. The van der Waals surface area contributed by atoms with Gasteiger partial charge in [0.15, 0.2) is 0 Å². The summed E-state index contributed by atoms with van der Waals surface area (Å²) in [6.45, 7) is 6.00. The largest absolute Gasteiger partial charge is 0.355 e. The SMILES string of the molecule is C=C(C)N(/N=C/N(/N=C\c1ccc2[nH]c3ccccc3c2c1)c1ccccc1)c1ccccc1. The smallest absolute Gasteiger partial charge is 0.138 e. The number of nitrogens with zero attached hydrogens (tertiary/aromatic N) is 4. The minimum absolute atomic E-state index is 0.809. The van der Waals surface area contributed by atoms with Crippen LogP contribution in [0.5, 0.6) is 0 Å². The number of hydrogen-bond donors (Lipinski definition) is 1. The molecule has 34 heavy (non-hydrogen) atoms. The molecule has 0 saturated heterocycles. The molecular weight excluding hydrogens is 418 g/mol. The van der Waals surface area contributed by atoms with Crippen molar-refractivity contribution in [3.63, 3.8) is 0 Å². The lowest BCUT2D eigenvalue weighted by Crippen LogP contribution is -2.19. The van der Waals surface area contributed by atoms with Crippen LogP contribution in [0.15, 0.2) is 126 Å². The van der Waals surface area contributed by atoms with Gasteiger partial charge in [0.25, 0.3) is 0 Å². The predicted molar refractivity (Wildman–Crippen MR) is 145 cm³/mol. The molecule has 1 N–H and O–H groups in total. The summed E-state index contributed by atoms with van der Waals surface area (Å²) in [5.74, 6) is 0. The van der Waals surface area contributed by atoms with Gasteiger partial charge in [-0.25, -0.2) is 10.0 Å². The molecular formula is C29H25N5. The maximum absolute atomic E-state index is 4.75. The highest BCUT2D eigenvalue weighted by molar-refractivity contribution is 6.08. The first-order chi connectivity index (χ1) is 16.7. The minimum atomic E-state index is 0.809. The molecule has 166 valence electrons. The fraction of sp³-hybridized carbons (Fsp3) is 0.0345. The summed E-state index contributed by atoms with van der Waals surface area (Å²) in [7, 11) is 0. The molecule has 5 aromatic rings. The molecule has 0 aliphatic carbocycles. The number of H-pyrrole nitrogens is 1. The Morgan fingerprint density at radius 1 is 0.735 bits per heavy atom. The van der Waals surface area contributed by atoms with Crippen molar-refractivity contribution in [1.29, 1.82) is 0 Å². The van der Waals surface area contributed by atoms with Gasteiger partial charge in [0, 0.05) is 27.5 Å². The van der Waals surface area contributed by atoms with Gasteiger partial charge in [-0.05, 0) is 55.0 Å². The summed E-state index contributed by atoms with van der Waals surface area (Å²) in [5.41, 5.74) is 5.90. The number of aromatic amines is 1. The highest BCUT2D eigenvalue weighted by Crippen LogP contribution is 2.26. The monoisotopic (exact) mass is 443 g/mol. The molecule has 0 spiro atoms. The quantitative estimate of drug-likeness (QED) is 0.165. The van der Waals surface area contributed by atoms with E-state index in [1.807, 2.05) is 79.9 Å². The van der Waals surface area contributed by atoms with Gasteiger partial charge >= 0.3 is 0 Å². The van der Waals surface area contributed by atoms with E-state index in [2.05, 4.69) is 53.1 Å². The molecule has 0 atom stereocenters. The Hall–Kier alpha value is -4.64. The number of fused-ring (bicyclic) bond motifs is 3. The molecule has 0 radical (unpaired) electrons. The molecule has 0 amide bonds. The van der Waals surface area contributed by atoms with Crippen LogP contribution in [0.3, 0.4) is 0 Å². The maximum atomic E-state index is 4.75. The van der Waals surface area contributed by atoms with Gasteiger partial charge in [-0.1, -0.05) is 67.2 Å². The lowest BCUT2D eigenvalue weighted by atomic mass is 10.1. The number of allylic oxidation sites excluding steroid dienone is 1. The molecule has 0 unspecified atom stereocenters. The van der Waals surface area contributed by atoms with E-state index < -0.39 is 0 Å². The van der Waals surface area contributed by atoms with Crippen LogP contribution < -0.4 is 10.0 Å². The third-order valence-corrected chi connectivity index (χ3v) is 5.52. The van der Waals surface area contributed by atoms with Gasteiger partial charge < -0.3 is 4.98 Å². The minimum Gasteiger partial charge on any atom is -0.355 e. The van der Waals surface area contributed by atoms with Crippen LogP contribution in [0.2, 0.25) is 0 Å². The highest BCUT2D eigenvalue weighted by Gasteiger charge is 2.08. The zero-order valence-electron chi connectivity index (χ0n) is 19.0. The number of hydrogen-bond acceptors (Lipinski definition) is 3. The van der Waals surface area contributed by atoms with Crippen LogP contribution in [0.25, 0.3) is 21.8 Å². The Labute approximate surface area is 199 Å². The summed E-state index contributed by atoms with van der Waals surface area (Å²) in [6, 6.07) is 34.5. The maximum Gasteiger partial charge on any atom is 0.138 e. The average molecular weight is 444 g/mol. The van der Waals surface area contributed by atoms with Gasteiger partial charge in [-0.15, -0.1) is 0 Å². The summed E-state index contributed by atoms with van der Waals surface area (Å²) in [5, 5.41) is 15.4. The first-order valence-electron chi connectivity index (χ1n) is 11.1. The summed E-state index contributed by atoms with van der Waals surface area (Å²) >= 11 is 0. The van der Waals surface area contributed by atoms with E-state index in [0.717, 1.165) is 33.7 Å². The van der Waals surface area contributed by atoms with E-state index in [1.54, 1.807) is 16.4 Å². The van der Waals surface area contributed by atoms with Crippen LogP contribution in [0.1, 0.15) is 12.5 Å². The van der Waals surface area contributed by atoms with E-state index in [9.17, 15) is 0 Å². The van der Waals surface area contributed by atoms with Crippen molar-refractivity contribution in [3.8, 4) is 0 Å². The molecule has 4 aromatic carbocycles. The topological polar surface area (TPSA) is 47.0 Å². The van der Waals surface area contributed by atoms with E-state index in [4.69, 9.17) is 5.10 Å². The first kappa shape index (κ1) is 21.2. The first-order valence-corrected chi connectivity index (χ1v) is 11.1. The number of para-hydroxylation sites is 3. The number of hydrazone groups is 2. The standard InChI is InChI=1S/C29H25N5/c1-22(2)34(25-13-7-4-8-14-25)31-21-33(24-11-5-3-6-12-24)30-20-23-17-18-29-27(19-23)26-15-9-10-16-28(26)32-29/h3-21,32H,1H2,2H3/b30-20-,31-21+. The second kappa shape index (κ2) is 9.46. The Kier molecular flexibility index (Phi) is 5.91. The summed E-state index contributed by atoms with van der Waals surface area (Å²) in [4.78, 5) is 3.46. The van der Waals surface area contributed by atoms with Gasteiger partial charge in [0.1, 0.15) is 6.34 Å². The van der Waals surface area contributed by atoms with Crippen molar-refractivity contribution in [3.05, 3.63) is 121 Å². The number of nitrogens with one attached hydrogen (secondary N) is 1. The molecule has 0 aliphatic rings. The van der Waals surface area contributed by atoms with Gasteiger partial charge in [-0.2, -0.15) is 10.2 Å². The predicted octanol–water partition coefficient (Wildman–Crippen LogP) is 7.15. The number of benzene rings is 4. The van der Waals surface area contributed by atoms with E-state index in [1.165, 1.54) is 10.8 Å². The molecule has 5 rings (SSSR count). The Morgan fingerprint density at radius 3 is 2.12 bits per heavy atom. The van der Waals surface area contributed by atoms with Gasteiger partial charge in [0.05, 0.1) is 17.6 Å². The van der Waals surface area contributed by atoms with Crippen LogP contribution in [-0.2, 0) is 0 Å². The van der Waals surface area contributed by atoms with Crippen molar-refractivity contribution in [2.45, 2.75) is 6.92 Å². The number of anilines is 2. The molecule has 0 aliphatic heterocycles. The molecule has 1 heterocycles. The highest BCUT2D eigenvalue weighted by atomic mass is 15.5. The van der Waals surface area contributed by atoms with Crippen molar-refractivity contribution in [2.75, 3.05) is 10.0 Å². The molecule has 0 saturated carbocycles. The van der Waals surface area contributed by atoms with Gasteiger partial charge in [0.2, 0.25) is 0 Å². The van der Waals surface area contributed by atoms with Crippen LogP contribution >= 0.6 is 0 Å². The van der Waals surface area contributed by atoms with Crippen LogP contribution in [0.4, 0.5) is 11.4 Å². The van der Waals surface area contributed by atoms with Crippen LogP contribution in [0, 0.1) is 0 Å².